The van der Waals surface area contributed by atoms with Crippen molar-refractivity contribution in [2.24, 2.45) is 0 Å². The van der Waals surface area contributed by atoms with E-state index in [9.17, 15) is 0 Å². The van der Waals surface area contributed by atoms with Gasteiger partial charge in [-0.25, -0.2) is 0 Å². The second kappa shape index (κ2) is 6.26. The Hall–Kier alpha value is -1.74. The molecule has 0 amide bonds. The SMILES string of the molecule is CCn1ccc(CNc2ccc(COC)cc2)c1. The molecule has 0 fully saturated rings. The topological polar surface area (TPSA) is 26.2 Å². The second-order valence-electron chi connectivity index (χ2n) is 4.33. The van der Waals surface area contributed by atoms with Crippen LogP contribution >= 0.6 is 0 Å². The molecule has 1 aromatic heterocycles. The fourth-order valence-electron chi connectivity index (χ4n) is 1.88. The minimum absolute atomic E-state index is 0.666. The van der Waals surface area contributed by atoms with E-state index >= 15 is 0 Å². The van der Waals surface area contributed by atoms with E-state index in [0.717, 1.165) is 18.8 Å². The number of nitrogens with zero attached hydrogens (tertiary/aromatic N) is 1. The highest BCUT2D eigenvalue weighted by Gasteiger charge is 1.97. The first-order valence-electron chi connectivity index (χ1n) is 6.28. The van der Waals surface area contributed by atoms with Crippen LogP contribution in [0.1, 0.15) is 18.1 Å². The Balaban J connectivity index is 1.89. The van der Waals surface area contributed by atoms with Crippen molar-refractivity contribution in [1.29, 1.82) is 0 Å². The predicted octanol–water partition coefficient (Wildman–Crippen LogP) is 3.27. The van der Waals surface area contributed by atoms with Crippen molar-refractivity contribution >= 4 is 5.69 Å². The maximum absolute atomic E-state index is 5.09. The van der Waals surface area contributed by atoms with E-state index in [4.69, 9.17) is 4.74 Å². The normalized spacial score (nSPS) is 10.6. The fourth-order valence-corrected chi connectivity index (χ4v) is 1.88. The Morgan fingerprint density at radius 3 is 2.50 bits per heavy atom. The minimum Gasteiger partial charge on any atom is -0.381 e. The molecule has 1 aromatic carbocycles. The van der Waals surface area contributed by atoms with Crippen LogP contribution in [-0.2, 0) is 24.4 Å². The summed E-state index contributed by atoms with van der Waals surface area (Å²) in [6.45, 7) is 4.69. The minimum atomic E-state index is 0.666. The quantitative estimate of drug-likeness (QED) is 0.844. The number of methoxy groups -OCH3 is 1. The number of aromatic nitrogens is 1. The van der Waals surface area contributed by atoms with Crippen LogP contribution in [0.2, 0.25) is 0 Å². The average molecular weight is 244 g/mol. The number of benzene rings is 1. The molecule has 2 aromatic rings. The monoisotopic (exact) mass is 244 g/mol. The lowest BCUT2D eigenvalue weighted by Crippen LogP contribution is -1.99. The highest BCUT2D eigenvalue weighted by Crippen LogP contribution is 2.12. The van der Waals surface area contributed by atoms with Crippen LogP contribution in [-0.4, -0.2) is 11.7 Å². The summed E-state index contributed by atoms with van der Waals surface area (Å²) in [5.74, 6) is 0. The van der Waals surface area contributed by atoms with Crippen molar-refractivity contribution < 1.29 is 4.74 Å². The third-order valence-electron chi connectivity index (χ3n) is 2.94. The Labute approximate surface area is 108 Å². The first-order chi connectivity index (χ1) is 8.81. The Bertz CT molecular complexity index is 473. The summed E-state index contributed by atoms with van der Waals surface area (Å²) >= 11 is 0. The molecule has 1 N–H and O–H groups in total. The van der Waals surface area contributed by atoms with Crippen LogP contribution < -0.4 is 5.32 Å². The van der Waals surface area contributed by atoms with Gasteiger partial charge < -0.3 is 14.6 Å². The van der Waals surface area contributed by atoms with Crippen molar-refractivity contribution in [3.05, 3.63) is 53.9 Å². The van der Waals surface area contributed by atoms with E-state index in [-0.39, 0.29) is 0 Å². The maximum atomic E-state index is 5.09. The van der Waals surface area contributed by atoms with Gasteiger partial charge in [0.1, 0.15) is 0 Å². The van der Waals surface area contributed by atoms with Gasteiger partial charge in [-0.05, 0) is 36.2 Å². The van der Waals surface area contributed by atoms with Gasteiger partial charge in [-0.2, -0.15) is 0 Å². The molecule has 0 spiro atoms. The molecule has 0 bridgehead atoms. The van der Waals surface area contributed by atoms with Crippen molar-refractivity contribution in [1.82, 2.24) is 4.57 Å². The van der Waals surface area contributed by atoms with E-state index < -0.39 is 0 Å². The van der Waals surface area contributed by atoms with Gasteiger partial charge in [0.05, 0.1) is 6.61 Å². The molecular formula is C15H20N2O. The highest BCUT2D eigenvalue weighted by molar-refractivity contribution is 5.45. The van der Waals surface area contributed by atoms with Crippen molar-refractivity contribution in [3.8, 4) is 0 Å². The zero-order valence-corrected chi connectivity index (χ0v) is 11.0. The Morgan fingerprint density at radius 2 is 1.89 bits per heavy atom. The standard InChI is InChI=1S/C15H20N2O/c1-3-17-9-8-14(11-17)10-16-15-6-4-13(5-7-15)12-18-2/h4-9,11,16H,3,10,12H2,1-2H3. The highest BCUT2D eigenvalue weighted by atomic mass is 16.5. The molecule has 0 unspecified atom stereocenters. The summed E-state index contributed by atoms with van der Waals surface area (Å²) in [5.41, 5.74) is 3.64. The molecule has 3 nitrogen and oxygen atoms in total. The number of anilines is 1. The number of hydrogen-bond acceptors (Lipinski definition) is 2. The molecule has 0 radical (unpaired) electrons. The molecule has 0 aliphatic carbocycles. The average Bonchev–Trinajstić information content (AvgIpc) is 2.86. The molecule has 96 valence electrons. The van der Waals surface area contributed by atoms with Crippen LogP contribution in [0, 0.1) is 0 Å². The maximum Gasteiger partial charge on any atom is 0.0713 e. The van der Waals surface area contributed by atoms with Crippen LogP contribution in [0.5, 0.6) is 0 Å². The molecule has 18 heavy (non-hydrogen) atoms. The number of rotatable bonds is 6. The summed E-state index contributed by atoms with van der Waals surface area (Å²) in [6.07, 6.45) is 4.28. The summed E-state index contributed by atoms with van der Waals surface area (Å²) in [7, 11) is 1.71. The third-order valence-corrected chi connectivity index (χ3v) is 2.94. The third kappa shape index (κ3) is 3.37. The summed E-state index contributed by atoms with van der Waals surface area (Å²) in [4.78, 5) is 0. The van der Waals surface area contributed by atoms with E-state index in [2.05, 4.69) is 59.5 Å². The van der Waals surface area contributed by atoms with Crippen molar-refractivity contribution in [2.75, 3.05) is 12.4 Å². The molecule has 0 aliphatic heterocycles. The fraction of sp³-hybridized carbons (Fsp3) is 0.333. The van der Waals surface area contributed by atoms with Gasteiger partial charge in [-0.3, -0.25) is 0 Å². The molecular weight excluding hydrogens is 224 g/mol. The van der Waals surface area contributed by atoms with Gasteiger partial charge in [-0.15, -0.1) is 0 Å². The zero-order valence-electron chi connectivity index (χ0n) is 11.0. The zero-order chi connectivity index (χ0) is 12.8. The number of ether oxygens (including phenoxy) is 1. The van der Waals surface area contributed by atoms with Gasteiger partial charge in [0.2, 0.25) is 0 Å². The first-order valence-corrected chi connectivity index (χ1v) is 6.28. The van der Waals surface area contributed by atoms with Crippen molar-refractivity contribution in [2.45, 2.75) is 26.6 Å². The van der Waals surface area contributed by atoms with Gasteiger partial charge in [0.15, 0.2) is 0 Å². The lowest BCUT2D eigenvalue weighted by atomic mass is 10.2. The van der Waals surface area contributed by atoms with Gasteiger partial charge >= 0.3 is 0 Å². The summed E-state index contributed by atoms with van der Waals surface area (Å²) < 4.78 is 7.27. The number of aryl methyl sites for hydroxylation is 1. The predicted molar refractivity (Wildman–Crippen MR) is 74.6 cm³/mol. The summed E-state index contributed by atoms with van der Waals surface area (Å²) in [5, 5.41) is 3.41. The molecule has 0 saturated heterocycles. The largest absolute Gasteiger partial charge is 0.381 e. The Kier molecular flexibility index (Phi) is 4.42. The van der Waals surface area contributed by atoms with Crippen LogP contribution in [0.3, 0.4) is 0 Å². The molecule has 0 aliphatic rings. The van der Waals surface area contributed by atoms with Gasteiger partial charge in [0.25, 0.3) is 0 Å². The number of nitrogens with one attached hydrogen (secondary N) is 1. The lowest BCUT2D eigenvalue weighted by Gasteiger charge is -2.06. The first kappa shape index (κ1) is 12.7. The number of hydrogen-bond donors (Lipinski definition) is 1. The van der Waals surface area contributed by atoms with E-state index in [0.29, 0.717) is 6.61 Å². The smallest absolute Gasteiger partial charge is 0.0713 e. The van der Waals surface area contributed by atoms with Crippen LogP contribution in [0.25, 0.3) is 0 Å². The van der Waals surface area contributed by atoms with Crippen molar-refractivity contribution in [3.63, 3.8) is 0 Å². The van der Waals surface area contributed by atoms with Crippen LogP contribution in [0.15, 0.2) is 42.7 Å². The van der Waals surface area contributed by atoms with Crippen LogP contribution in [0.4, 0.5) is 5.69 Å². The van der Waals surface area contributed by atoms with E-state index in [1.165, 1.54) is 11.1 Å². The van der Waals surface area contributed by atoms with Gasteiger partial charge in [0, 0.05) is 38.3 Å². The lowest BCUT2D eigenvalue weighted by molar-refractivity contribution is 0.185. The molecule has 0 atom stereocenters. The molecule has 2 rings (SSSR count). The molecule has 1 heterocycles. The van der Waals surface area contributed by atoms with E-state index in [1.807, 2.05) is 0 Å². The van der Waals surface area contributed by atoms with Gasteiger partial charge in [-0.1, -0.05) is 12.1 Å². The second-order valence-corrected chi connectivity index (χ2v) is 4.33. The molecule has 0 saturated carbocycles. The Morgan fingerprint density at radius 1 is 1.11 bits per heavy atom. The molecule has 3 heteroatoms. The van der Waals surface area contributed by atoms with E-state index in [1.54, 1.807) is 7.11 Å². The summed E-state index contributed by atoms with van der Waals surface area (Å²) in [6, 6.07) is 10.5.